The molecule has 0 bridgehead atoms. The Morgan fingerprint density at radius 3 is 2.18 bits per heavy atom. The first-order valence-electron chi connectivity index (χ1n) is 13.9. The molecular weight excluding hydrogens is 606 g/mol. The normalized spacial score (nSPS) is 19.4. The Labute approximate surface area is 260 Å². The molecule has 0 radical (unpaired) electrons. The average molecular weight is 642 g/mol. The van der Waals surface area contributed by atoms with Gasteiger partial charge in [0.05, 0.1) is 11.6 Å². The first-order valence-corrected chi connectivity index (χ1v) is 16.3. The van der Waals surface area contributed by atoms with Gasteiger partial charge in [-0.05, 0) is 62.2 Å². The smallest absolute Gasteiger partial charge is 0.263 e. The molecule has 1 atom stereocenters. The van der Waals surface area contributed by atoms with Gasteiger partial charge in [0, 0.05) is 29.4 Å². The number of nitrogens with one attached hydrogen (secondary N) is 3. The first-order chi connectivity index (χ1) is 21.0. The highest BCUT2D eigenvalue weighted by Gasteiger charge is 2.49. The zero-order valence-corrected chi connectivity index (χ0v) is 26.2. The van der Waals surface area contributed by atoms with Gasteiger partial charge < -0.3 is 15.4 Å². The third-order valence-electron chi connectivity index (χ3n) is 7.48. The highest BCUT2D eigenvalue weighted by atomic mass is 32.2. The fourth-order valence-corrected chi connectivity index (χ4v) is 8.30. The van der Waals surface area contributed by atoms with Gasteiger partial charge in [-0.3, -0.25) is 24.6 Å². The maximum atomic E-state index is 13.2. The number of thioether (sulfide) groups is 1. The number of aromatic nitrogens is 1. The van der Waals surface area contributed by atoms with Gasteiger partial charge in [-0.25, -0.2) is 13.9 Å². The number of carbonyl (C=O) groups is 3. The molecule has 5 rings (SSSR count). The topological polar surface area (TPSA) is 167 Å². The third kappa shape index (κ3) is 6.73. The fourth-order valence-electron chi connectivity index (χ4n) is 5.20. The van der Waals surface area contributed by atoms with E-state index in [-0.39, 0.29) is 29.9 Å². The molecule has 4 N–H and O–H groups in total. The van der Waals surface area contributed by atoms with E-state index in [0.29, 0.717) is 23.7 Å². The van der Waals surface area contributed by atoms with Crippen LogP contribution in [0.4, 0.5) is 0 Å². The molecule has 14 heteroatoms. The highest BCUT2D eigenvalue weighted by Crippen LogP contribution is 2.38. The lowest BCUT2D eigenvalue weighted by Crippen LogP contribution is -2.62. The number of carbonyl (C=O) groups excluding carboxylic acids is 3. The second kappa shape index (κ2) is 13.8. The second-order valence-electron chi connectivity index (χ2n) is 10.5. The van der Waals surface area contributed by atoms with Crippen molar-refractivity contribution >= 4 is 39.5 Å². The summed E-state index contributed by atoms with van der Waals surface area (Å²) in [5.74, 6) is 0.419. The molecule has 0 spiro atoms. The maximum Gasteiger partial charge on any atom is 0.263 e. The predicted molar refractivity (Wildman–Crippen MR) is 164 cm³/mol. The molecule has 2 fully saturated rings. The number of sulfonamides is 1. The van der Waals surface area contributed by atoms with Crippen LogP contribution in [0.15, 0.2) is 84.0 Å². The molecule has 1 aromatic heterocycles. The van der Waals surface area contributed by atoms with Crippen molar-refractivity contribution in [3.05, 3.63) is 84.7 Å². The van der Waals surface area contributed by atoms with E-state index < -0.39 is 32.1 Å². The fraction of sp³-hybridized carbons (Fsp3) is 0.333. The standard InChI is InChI=1S/C18H21N3O5S2.C12H14N2O2/c1-18(2)16(17(22)20-23)21(11-12-27-18)28(24,25)15-5-3-13(4-6-15)26-14-7-9-19-10-8-14;1-2-12(9-6-4-3-5-7-9)10(15)13-8-14-11(12)16/h3-10,16,23H,11-12H2,1-2H3,(H,20,22);3-7H,2,8H2,1H3,(H,13,15)(H,14,16)/t16-;/m0./s1. The minimum Gasteiger partial charge on any atom is -0.457 e. The molecule has 2 aliphatic heterocycles. The van der Waals surface area contributed by atoms with E-state index in [0.717, 1.165) is 9.87 Å². The quantitative estimate of drug-likeness (QED) is 0.172. The van der Waals surface area contributed by atoms with Gasteiger partial charge in [-0.15, -0.1) is 0 Å². The van der Waals surface area contributed by atoms with Crippen LogP contribution < -0.4 is 20.9 Å². The van der Waals surface area contributed by atoms with E-state index in [4.69, 9.17) is 9.94 Å². The largest absolute Gasteiger partial charge is 0.457 e. The second-order valence-corrected chi connectivity index (χ2v) is 14.2. The number of benzene rings is 2. The van der Waals surface area contributed by atoms with Crippen molar-refractivity contribution in [2.75, 3.05) is 19.0 Å². The number of nitrogens with zero attached hydrogens (tertiary/aromatic N) is 2. The molecule has 3 amide bonds. The summed E-state index contributed by atoms with van der Waals surface area (Å²) in [5, 5.41) is 14.5. The summed E-state index contributed by atoms with van der Waals surface area (Å²) >= 11 is 1.49. The molecule has 2 aromatic carbocycles. The van der Waals surface area contributed by atoms with Gasteiger partial charge in [0.1, 0.15) is 17.5 Å². The van der Waals surface area contributed by atoms with Gasteiger partial charge in [0.15, 0.2) is 5.41 Å². The van der Waals surface area contributed by atoms with Crippen molar-refractivity contribution in [3.8, 4) is 11.5 Å². The molecule has 2 aliphatic rings. The van der Waals surface area contributed by atoms with E-state index in [9.17, 15) is 22.8 Å². The van der Waals surface area contributed by atoms with E-state index in [1.807, 2.05) is 37.3 Å². The van der Waals surface area contributed by atoms with Crippen molar-refractivity contribution in [1.29, 1.82) is 0 Å². The number of rotatable bonds is 7. The van der Waals surface area contributed by atoms with Crippen molar-refractivity contribution in [3.63, 3.8) is 0 Å². The van der Waals surface area contributed by atoms with Gasteiger partial charge >= 0.3 is 0 Å². The number of pyridine rings is 1. The Morgan fingerprint density at radius 2 is 1.61 bits per heavy atom. The van der Waals surface area contributed by atoms with Gasteiger partial charge in [-0.2, -0.15) is 16.1 Å². The predicted octanol–water partition coefficient (Wildman–Crippen LogP) is 2.80. The van der Waals surface area contributed by atoms with Gasteiger partial charge in [0.25, 0.3) is 5.91 Å². The van der Waals surface area contributed by atoms with Crippen LogP contribution in [0.2, 0.25) is 0 Å². The molecule has 234 valence electrons. The van der Waals surface area contributed by atoms with E-state index >= 15 is 0 Å². The van der Waals surface area contributed by atoms with Crippen molar-refractivity contribution in [1.82, 2.24) is 25.4 Å². The summed E-state index contributed by atoms with van der Waals surface area (Å²) in [6, 6.07) is 17.5. The Morgan fingerprint density at radius 1 is 1.02 bits per heavy atom. The minimum atomic E-state index is -3.94. The highest BCUT2D eigenvalue weighted by molar-refractivity contribution is 8.01. The SMILES string of the molecule is CC1(C)SCCN(S(=O)(=O)c2ccc(Oc3ccncc3)cc2)[C@H]1C(=O)NO.CCC1(c2ccccc2)C(=O)NCNC1=O. The van der Waals surface area contributed by atoms with Crippen LogP contribution in [0.25, 0.3) is 0 Å². The minimum absolute atomic E-state index is 0.0491. The summed E-state index contributed by atoms with van der Waals surface area (Å²) in [6.45, 7) is 5.79. The first kappa shape index (κ1) is 32.9. The zero-order chi connectivity index (χ0) is 32.0. The average Bonchev–Trinajstić information content (AvgIpc) is 3.02. The third-order valence-corrected chi connectivity index (χ3v) is 10.7. The van der Waals surface area contributed by atoms with Crippen LogP contribution in [-0.2, 0) is 29.8 Å². The number of hydrogen-bond acceptors (Lipinski definition) is 9. The van der Waals surface area contributed by atoms with Crippen LogP contribution in [0.5, 0.6) is 11.5 Å². The zero-order valence-electron chi connectivity index (χ0n) is 24.5. The van der Waals surface area contributed by atoms with Crippen molar-refractivity contribution in [2.45, 2.75) is 48.3 Å². The lowest BCUT2D eigenvalue weighted by molar-refractivity contribution is -0.141. The maximum absolute atomic E-state index is 13.2. The van der Waals surface area contributed by atoms with Crippen LogP contribution in [0.1, 0.15) is 32.8 Å². The molecule has 3 heterocycles. The summed E-state index contributed by atoms with van der Waals surface area (Å²) in [7, 11) is -3.94. The lowest BCUT2D eigenvalue weighted by atomic mass is 9.75. The van der Waals surface area contributed by atoms with Crippen LogP contribution in [0, 0.1) is 0 Å². The molecule has 2 saturated heterocycles. The molecule has 44 heavy (non-hydrogen) atoms. The van der Waals surface area contributed by atoms with Gasteiger partial charge in [0.2, 0.25) is 21.8 Å². The summed E-state index contributed by atoms with van der Waals surface area (Å²) in [4.78, 5) is 40.2. The Kier molecular flexibility index (Phi) is 10.3. The van der Waals surface area contributed by atoms with Crippen molar-refractivity contribution < 1.29 is 32.7 Å². The van der Waals surface area contributed by atoms with Crippen LogP contribution in [0.3, 0.4) is 0 Å². The lowest BCUT2D eigenvalue weighted by Gasteiger charge is -2.43. The number of ether oxygens (including phenoxy) is 1. The summed E-state index contributed by atoms with van der Waals surface area (Å²) in [6.07, 6.45) is 3.64. The molecule has 0 saturated carbocycles. The molecule has 0 unspecified atom stereocenters. The Balaban J connectivity index is 0.000000233. The Bertz CT molecular complexity index is 1550. The monoisotopic (exact) mass is 641 g/mol. The Hall–Kier alpha value is -3.98. The molecule has 12 nitrogen and oxygen atoms in total. The van der Waals surface area contributed by atoms with E-state index in [1.54, 1.807) is 56.0 Å². The number of amides is 3. The summed E-state index contributed by atoms with van der Waals surface area (Å²) in [5.41, 5.74) is 1.27. The van der Waals surface area contributed by atoms with E-state index in [1.165, 1.54) is 23.9 Å². The van der Waals surface area contributed by atoms with Crippen LogP contribution in [-0.4, -0.2) is 70.4 Å². The van der Waals surface area contributed by atoms with Crippen molar-refractivity contribution in [2.24, 2.45) is 0 Å². The number of hydroxylamine groups is 1. The van der Waals surface area contributed by atoms with E-state index in [2.05, 4.69) is 15.6 Å². The number of hydrogen-bond donors (Lipinski definition) is 4. The molecule has 3 aromatic rings. The molecule has 0 aliphatic carbocycles. The summed E-state index contributed by atoms with van der Waals surface area (Å²) < 4.78 is 32.5. The van der Waals surface area contributed by atoms with Gasteiger partial charge in [-0.1, -0.05) is 37.3 Å². The molecular formula is C30H35N5O7S2. The van der Waals surface area contributed by atoms with Crippen LogP contribution >= 0.6 is 11.8 Å².